The van der Waals surface area contributed by atoms with E-state index in [4.69, 9.17) is 5.53 Å². The zero-order chi connectivity index (χ0) is 11.7. The predicted molar refractivity (Wildman–Crippen MR) is 60.9 cm³/mol. The quantitative estimate of drug-likeness (QED) is 0.288. The lowest BCUT2D eigenvalue weighted by molar-refractivity contribution is -0.120. The molecule has 0 radical (unpaired) electrons. The van der Waals surface area contributed by atoms with Gasteiger partial charge in [0.25, 0.3) is 5.78 Å². The first-order valence-corrected chi connectivity index (χ1v) is 5.51. The Morgan fingerprint density at radius 2 is 2.07 bits per heavy atom. The molecule has 0 aliphatic heterocycles. The number of Topliss-reactive ketones (excluding diaryl/α,β-unsaturated/α-hetero) is 1. The first-order valence-electron chi connectivity index (χ1n) is 5.51. The van der Waals surface area contributed by atoms with Gasteiger partial charge in [0.15, 0.2) is 0 Å². The van der Waals surface area contributed by atoms with E-state index in [1.807, 2.05) is 0 Å². The molecule has 0 heterocycles. The van der Waals surface area contributed by atoms with Crippen LogP contribution in [0.2, 0.25) is 0 Å². The van der Waals surface area contributed by atoms with Crippen LogP contribution in [0.5, 0.6) is 0 Å². The summed E-state index contributed by atoms with van der Waals surface area (Å²) < 4.78 is 0. The number of ketones is 1. The largest absolute Gasteiger partial charge is 0.361 e. The maximum absolute atomic E-state index is 11.4. The van der Waals surface area contributed by atoms with Gasteiger partial charge in [0.2, 0.25) is 0 Å². The maximum atomic E-state index is 11.4. The molecule has 0 amide bonds. The van der Waals surface area contributed by atoms with E-state index in [1.165, 1.54) is 19.3 Å². The molecular weight excluding hydrogens is 190 g/mol. The minimum absolute atomic E-state index is 0.208. The summed E-state index contributed by atoms with van der Waals surface area (Å²) in [6.07, 6.45) is 5.63. The molecule has 4 nitrogen and oxygen atoms in total. The average molecular weight is 211 g/mol. The van der Waals surface area contributed by atoms with E-state index in [0.717, 1.165) is 19.2 Å². The van der Waals surface area contributed by atoms with Crippen LogP contribution in [0.4, 0.5) is 0 Å². The molecule has 0 rings (SSSR count). The van der Waals surface area contributed by atoms with Gasteiger partial charge in [-0.25, -0.2) is 0 Å². The van der Waals surface area contributed by atoms with Gasteiger partial charge in [0.05, 0.1) is 5.54 Å². The highest BCUT2D eigenvalue weighted by molar-refractivity contribution is 6.29. The van der Waals surface area contributed by atoms with Gasteiger partial charge in [0, 0.05) is 0 Å². The number of hydrogen-bond acceptors (Lipinski definition) is 2. The normalized spacial score (nSPS) is 10.9. The number of carbonyl (C=O) groups excluding carboxylic acids is 1. The number of hydrogen-bond donors (Lipinski definition) is 1. The Labute approximate surface area is 91.7 Å². The number of rotatable bonds is 8. The van der Waals surface area contributed by atoms with Gasteiger partial charge in [0.1, 0.15) is 0 Å². The van der Waals surface area contributed by atoms with E-state index in [0.29, 0.717) is 0 Å². The van der Waals surface area contributed by atoms with E-state index < -0.39 is 5.54 Å². The molecule has 15 heavy (non-hydrogen) atoms. The van der Waals surface area contributed by atoms with Gasteiger partial charge in [-0.05, 0) is 26.8 Å². The van der Waals surface area contributed by atoms with Crippen LogP contribution in [0.25, 0.3) is 5.53 Å². The first kappa shape index (κ1) is 14.0. The van der Waals surface area contributed by atoms with Crippen molar-refractivity contribution < 1.29 is 9.58 Å². The van der Waals surface area contributed by atoms with E-state index in [1.54, 1.807) is 13.8 Å². The molecular formula is C11H21N3O. The summed E-state index contributed by atoms with van der Waals surface area (Å²) in [6, 6.07) is 0. The molecule has 0 fully saturated rings. The molecule has 4 heteroatoms. The second kappa shape index (κ2) is 7.32. The minimum Gasteiger partial charge on any atom is -0.361 e. The zero-order valence-electron chi connectivity index (χ0n) is 9.92. The standard InChI is InChI=1S/C11H21N3O/c1-4-5-6-7-8-13-11(2,3)10(15)9-14-12/h9,13H,4-8H2,1-3H3. The average Bonchev–Trinajstić information content (AvgIpc) is 2.18. The third-order valence-corrected chi connectivity index (χ3v) is 2.39. The van der Waals surface area contributed by atoms with E-state index in [9.17, 15) is 4.79 Å². The van der Waals surface area contributed by atoms with Gasteiger partial charge in [-0.3, -0.25) is 4.79 Å². The fourth-order valence-corrected chi connectivity index (χ4v) is 1.25. The molecule has 0 spiro atoms. The lowest BCUT2D eigenvalue weighted by Crippen LogP contribution is -2.47. The summed E-state index contributed by atoms with van der Waals surface area (Å²) in [4.78, 5) is 14.2. The highest BCUT2D eigenvalue weighted by Crippen LogP contribution is 2.04. The molecule has 1 N–H and O–H groups in total. The second-order valence-corrected chi connectivity index (χ2v) is 4.22. The molecule has 0 unspecified atom stereocenters. The lowest BCUT2D eigenvalue weighted by atomic mass is 9.99. The van der Waals surface area contributed by atoms with Gasteiger partial charge < -0.3 is 10.8 Å². The summed E-state index contributed by atoms with van der Waals surface area (Å²) in [5.41, 5.74) is 7.62. The van der Waals surface area contributed by atoms with Crippen molar-refractivity contribution >= 4 is 12.0 Å². The van der Waals surface area contributed by atoms with Crippen LogP contribution in [-0.4, -0.2) is 28.9 Å². The summed E-state index contributed by atoms with van der Waals surface area (Å²) in [6.45, 7) is 6.56. The van der Waals surface area contributed by atoms with Crippen molar-refractivity contribution in [2.45, 2.75) is 52.0 Å². The molecule has 0 aliphatic carbocycles. The van der Waals surface area contributed by atoms with Crippen molar-refractivity contribution in [1.29, 1.82) is 0 Å². The van der Waals surface area contributed by atoms with Gasteiger partial charge in [-0.15, -0.1) is 0 Å². The summed E-state index contributed by atoms with van der Waals surface area (Å²) >= 11 is 0. The second-order valence-electron chi connectivity index (χ2n) is 4.22. The van der Waals surface area contributed by atoms with Crippen LogP contribution in [0, 0.1) is 0 Å². The van der Waals surface area contributed by atoms with Crippen molar-refractivity contribution in [3.05, 3.63) is 5.53 Å². The molecule has 86 valence electrons. The summed E-state index contributed by atoms with van der Waals surface area (Å²) in [5.74, 6) is -0.208. The third kappa shape index (κ3) is 6.15. The van der Waals surface area contributed by atoms with Crippen LogP contribution in [-0.2, 0) is 4.79 Å². The van der Waals surface area contributed by atoms with Crippen molar-refractivity contribution in [3.63, 3.8) is 0 Å². The predicted octanol–water partition coefficient (Wildman–Crippen LogP) is 1.80. The Balaban J connectivity index is 3.83. The van der Waals surface area contributed by atoms with Crippen molar-refractivity contribution in [1.82, 2.24) is 5.32 Å². The molecule has 0 aliphatic rings. The number of carbonyl (C=O) groups is 1. The molecule has 0 saturated carbocycles. The fraction of sp³-hybridized carbons (Fsp3) is 0.818. The van der Waals surface area contributed by atoms with Crippen LogP contribution in [0.1, 0.15) is 46.5 Å². The summed E-state index contributed by atoms with van der Waals surface area (Å²) in [5, 5.41) is 3.15. The van der Waals surface area contributed by atoms with Crippen LogP contribution in [0.3, 0.4) is 0 Å². The van der Waals surface area contributed by atoms with Gasteiger partial charge >= 0.3 is 6.21 Å². The maximum Gasteiger partial charge on any atom is 0.325 e. The van der Waals surface area contributed by atoms with Crippen molar-refractivity contribution in [2.75, 3.05) is 6.54 Å². The van der Waals surface area contributed by atoms with Crippen molar-refractivity contribution in [3.8, 4) is 0 Å². The number of nitrogens with one attached hydrogen (secondary N) is 1. The third-order valence-electron chi connectivity index (χ3n) is 2.39. The van der Waals surface area contributed by atoms with Gasteiger partial charge in [-0.1, -0.05) is 26.2 Å². The molecule has 0 bridgehead atoms. The number of nitrogens with zero attached hydrogens (tertiary/aromatic N) is 2. The van der Waals surface area contributed by atoms with E-state index in [-0.39, 0.29) is 5.78 Å². The monoisotopic (exact) mass is 211 g/mol. The van der Waals surface area contributed by atoms with E-state index >= 15 is 0 Å². The topological polar surface area (TPSA) is 65.5 Å². The highest BCUT2D eigenvalue weighted by Gasteiger charge is 2.27. The molecule has 0 atom stereocenters. The molecule has 0 aromatic heterocycles. The zero-order valence-corrected chi connectivity index (χ0v) is 9.92. The fourth-order valence-electron chi connectivity index (χ4n) is 1.25. The van der Waals surface area contributed by atoms with Gasteiger partial charge in [-0.2, -0.15) is 4.79 Å². The lowest BCUT2D eigenvalue weighted by Gasteiger charge is -2.21. The SMILES string of the molecule is CCCCCCNC(C)(C)C(=O)C=[N+]=[N-]. The van der Waals surface area contributed by atoms with Crippen LogP contribution < -0.4 is 5.32 Å². The van der Waals surface area contributed by atoms with Crippen molar-refractivity contribution in [2.24, 2.45) is 0 Å². The van der Waals surface area contributed by atoms with E-state index in [2.05, 4.69) is 17.0 Å². The number of unbranched alkanes of at least 4 members (excludes halogenated alkanes) is 3. The Morgan fingerprint density at radius 3 is 2.60 bits per heavy atom. The Kier molecular flexibility index (Phi) is 6.84. The van der Waals surface area contributed by atoms with Crippen LogP contribution >= 0.6 is 0 Å². The Bertz CT molecular complexity index is 242. The first-order chi connectivity index (χ1) is 7.04. The Hall–Kier alpha value is -0.990. The summed E-state index contributed by atoms with van der Waals surface area (Å²) in [7, 11) is 0. The van der Waals surface area contributed by atoms with Crippen LogP contribution in [0.15, 0.2) is 0 Å². The molecule has 0 saturated heterocycles. The molecule has 0 aromatic carbocycles. The molecule has 0 aromatic rings. The minimum atomic E-state index is -0.640. The smallest absolute Gasteiger partial charge is 0.325 e. The highest BCUT2D eigenvalue weighted by atomic mass is 16.1. The Morgan fingerprint density at radius 1 is 1.40 bits per heavy atom.